The zero-order valence-corrected chi connectivity index (χ0v) is 10.8. The number of aryl methyl sites for hydroxylation is 2. The second-order valence-electron chi connectivity index (χ2n) is 5.10. The Hall–Kier alpha value is -1.02. The Morgan fingerprint density at radius 3 is 2.25 bits per heavy atom. The van der Waals surface area contributed by atoms with E-state index in [1.54, 1.807) is 7.11 Å². The van der Waals surface area contributed by atoms with E-state index >= 15 is 0 Å². The van der Waals surface area contributed by atoms with E-state index < -0.39 is 0 Å². The van der Waals surface area contributed by atoms with Crippen LogP contribution in [0.4, 0.5) is 0 Å². The minimum absolute atomic E-state index is 0.133. The normalized spacial score (nSPS) is 18.1. The van der Waals surface area contributed by atoms with Gasteiger partial charge in [-0.3, -0.25) is 0 Å². The zero-order chi connectivity index (χ0) is 11.9. The van der Waals surface area contributed by atoms with Gasteiger partial charge in [0.1, 0.15) is 5.75 Å². The van der Waals surface area contributed by atoms with Crippen molar-refractivity contribution in [3.63, 3.8) is 0 Å². The minimum Gasteiger partial charge on any atom is -0.496 e. The van der Waals surface area contributed by atoms with Crippen LogP contribution in [0, 0.1) is 20.8 Å². The maximum atomic E-state index is 5.60. The van der Waals surface area contributed by atoms with Gasteiger partial charge < -0.3 is 9.47 Å². The summed E-state index contributed by atoms with van der Waals surface area (Å²) in [6.45, 7) is 10.3. The molecule has 2 nitrogen and oxygen atoms in total. The van der Waals surface area contributed by atoms with Crippen molar-refractivity contribution in [2.24, 2.45) is 0 Å². The fourth-order valence-electron chi connectivity index (χ4n) is 2.61. The lowest BCUT2D eigenvalue weighted by Gasteiger charge is -2.40. The molecule has 0 unspecified atom stereocenters. The summed E-state index contributed by atoms with van der Waals surface area (Å²) in [6, 6.07) is 2.25. The molecule has 1 heterocycles. The van der Waals surface area contributed by atoms with E-state index in [-0.39, 0.29) is 5.41 Å². The van der Waals surface area contributed by atoms with E-state index in [0.717, 1.165) is 19.0 Å². The minimum atomic E-state index is 0.133. The quantitative estimate of drug-likeness (QED) is 0.763. The molecule has 0 atom stereocenters. The molecule has 88 valence electrons. The molecule has 2 heteroatoms. The molecule has 1 aliphatic heterocycles. The van der Waals surface area contributed by atoms with Gasteiger partial charge in [0.2, 0.25) is 0 Å². The average molecular weight is 220 g/mol. The first-order chi connectivity index (χ1) is 7.49. The topological polar surface area (TPSA) is 18.5 Å². The van der Waals surface area contributed by atoms with Gasteiger partial charge in [-0.05, 0) is 37.5 Å². The van der Waals surface area contributed by atoms with Gasteiger partial charge in [0.25, 0.3) is 0 Å². The molecular weight excluding hydrogens is 200 g/mol. The number of hydrogen-bond acceptors (Lipinski definition) is 2. The van der Waals surface area contributed by atoms with Crippen LogP contribution in [0.3, 0.4) is 0 Å². The van der Waals surface area contributed by atoms with E-state index in [0.29, 0.717) is 0 Å². The van der Waals surface area contributed by atoms with Crippen LogP contribution in [0.2, 0.25) is 0 Å². The smallest absolute Gasteiger partial charge is 0.126 e. The Balaban J connectivity index is 2.63. The van der Waals surface area contributed by atoms with Gasteiger partial charge in [0.15, 0.2) is 0 Å². The van der Waals surface area contributed by atoms with Crippen molar-refractivity contribution in [2.45, 2.75) is 33.1 Å². The van der Waals surface area contributed by atoms with Gasteiger partial charge in [-0.1, -0.05) is 13.0 Å². The average Bonchev–Trinajstić information content (AvgIpc) is 2.19. The molecule has 0 spiro atoms. The fraction of sp³-hybridized carbons (Fsp3) is 0.571. The lowest BCUT2D eigenvalue weighted by atomic mass is 9.76. The van der Waals surface area contributed by atoms with Crippen molar-refractivity contribution in [3.05, 3.63) is 28.3 Å². The van der Waals surface area contributed by atoms with E-state index in [4.69, 9.17) is 9.47 Å². The predicted molar refractivity (Wildman–Crippen MR) is 65.4 cm³/mol. The van der Waals surface area contributed by atoms with Crippen molar-refractivity contribution < 1.29 is 9.47 Å². The van der Waals surface area contributed by atoms with Crippen LogP contribution in [-0.2, 0) is 10.2 Å². The highest BCUT2D eigenvalue weighted by Gasteiger charge is 2.39. The molecule has 1 fully saturated rings. The van der Waals surface area contributed by atoms with Crippen LogP contribution in [0.15, 0.2) is 6.07 Å². The molecule has 0 aromatic heterocycles. The Kier molecular flexibility index (Phi) is 2.70. The van der Waals surface area contributed by atoms with Crippen molar-refractivity contribution in [2.75, 3.05) is 20.3 Å². The Morgan fingerprint density at radius 1 is 1.19 bits per heavy atom. The molecule has 0 bridgehead atoms. The predicted octanol–water partition coefficient (Wildman–Crippen LogP) is 2.91. The number of methoxy groups -OCH3 is 1. The standard InChI is InChI=1S/C14H20O2/c1-9-6-10(2)12(13(15-5)11(9)3)14(4)7-16-8-14/h6H,7-8H2,1-5H3. The molecule has 0 N–H and O–H groups in total. The summed E-state index contributed by atoms with van der Waals surface area (Å²) >= 11 is 0. The highest BCUT2D eigenvalue weighted by molar-refractivity contribution is 5.53. The van der Waals surface area contributed by atoms with E-state index in [1.807, 2.05) is 0 Å². The van der Waals surface area contributed by atoms with Crippen LogP contribution in [0.25, 0.3) is 0 Å². The van der Waals surface area contributed by atoms with Crippen LogP contribution < -0.4 is 4.74 Å². The van der Waals surface area contributed by atoms with Crippen LogP contribution in [0.1, 0.15) is 29.2 Å². The van der Waals surface area contributed by atoms with Crippen LogP contribution >= 0.6 is 0 Å². The van der Waals surface area contributed by atoms with Crippen molar-refractivity contribution in [3.8, 4) is 5.75 Å². The molecule has 1 aliphatic rings. The first-order valence-electron chi connectivity index (χ1n) is 5.72. The molecule has 1 aromatic carbocycles. The molecular formula is C14H20O2. The summed E-state index contributed by atoms with van der Waals surface area (Å²) in [6.07, 6.45) is 0. The molecule has 0 saturated carbocycles. The van der Waals surface area contributed by atoms with Crippen LogP contribution in [0.5, 0.6) is 5.75 Å². The van der Waals surface area contributed by atoms with Gasteiger partial charge in [-0.15, -0.1) is 0 Å². The van der Waals surface area contributed by atoms with Gasteiger partial charge in [0, 0.05) is 11.0 Å². The monoisotopic (exact) mass is 220 g/mol. The molecule has 0 radical (unpaired) electrons. The van der Waals surface area contributed by atoms with Crippen LogP contribution in [-0.4, -0.2) is 20.3 Å². The van der Waals surface area contributed by atoms with Gasteiger partial charge >= 0.3 is 0 Å². The van der Waals surface area contributed by atoms with Crippen molar-refractivity contribution in [1.82, 2.24) is 0 Å². The van der Waals surface area contributed by atoms with Gasteiger partial charge in [-0.2, -0.15) is 0 Å². The van der Waals surface area contributed by atoms with Crippen molar-refractivity contribution in [1.29, 1.82) is 0 Å². The van der Waals surface area contributed by atoms with Gasteiger partial charge in [-0.25, -0.2) is 0 Å². The van der Waals surface area contributed by atoms with Gasteiger partial charge in [0.05, 0.1) is 20.3 Å². The lowest BCUT2D eigenvalue weighted by molar-refractivity contribution is -0.0512. The summed E-state index contributed by atoms with van der Waals surface area (Å²) in [5, 5.41) is 0. The zero-order valence-electron chi connectivity index (χ0n) is 10.8. The number of rotatable bonds is 2. The van der Waals surface area contributed by atoms with E-state index in [9.17, 15) is 0 Å². The highest BCUT2D eigenvalue weighted by Crippen LogP contribution is 2.42. The third kappa shape index (κ3) is 1.52. The lowest BCUT2D eigenvalue weighted by Crippen LogP contribution is -2.44. The summed E-state index contributed by atoms with van der Waals surface area (Å²) in [5.41, 5.74) is 5.31. The first kappa shape index (κ1) is 11.5. The van der Waals surface area contributed by atoms with E-state index in [2.05, 4.69) is 33.8 Å². The Morgan fingerprint density at radius 2 is 1.81 bits per heavy atom. The number of hydrogen-bond donors (Lipinski definition) is 0. The largest absolute Gasteiger partial charge is 0.496 e. The summed E-state index contributed by atoms with van der Waals surface area (Å²) in [4.78, 5) is 0. The molecule has 1 aromatic rings. The summed E-state index contributed by atoms with van der Waals surface area (Å²) < 4.78 is 11.0. The third-order valence-corrected chi connectivity index (χ3v) is 3.64. The van der Waals surface area contributed by atoms with E-state index in [1.165, 1.54) is 22.3 Å². The molecule has 0 aliphatic carbocycles. The number of benzene rings is 1. The summed E-state index contributed by atoms with van der Waals surface area (Å²) in [7, 11) is 1.76. The molecule has 1 saturated heterocycles. The maximum absolute atomic E-state index is 5.60. The number of ether oxygens (including phenoxy) is 2. The summed E-state index contributed by atoms with van der Waals surface area (Å²) in [5.74, 6) is 1.04. The highest BCUT2D eigenvalue weighted by atomic mass is 16.5. The molecule has 16 heavy (non-hydrogen) atoms. The fourth-order valence-corrected chi connectivity index (χ4v) is 2.61. The second-order valence-corrected chi connectivity index (χ2v) is 5.10. The second kappa shape index (κ2) is 3.77. The first-order valence-corrected chi connectivity index (χ1v) is 5.72. The third-order valence-electron chi connectivity index (χ3n) is 3.64. The Labute approximate surface area is 97.6 Å². The molecule has 0 amide bonds. The SMILES string of the molecule is COc1c(C)c(C)cc(C)c1C1(C)COC1. The van der Waals surface area contributed by atoms with Crippen molar-refractivity contribution >= 4 is 0 Å². The Bertz CT molecular complexity index is 417. The maximum Gasteiger partial charge on any atom is 0.126 e. The molecule has 2 rings (SSSR count).